The number of hydrazine groups is 1. The first-order chi connectivity index (χ1) is 7.13. The van der Waals surface area contributed by atoms with Gasteiger partial charge in [-0.25, -0.2) is 5.84 Å². The van der Waals surface area contributed by atoms with Gasteiger partial charge in [-0.1, -0.05) is 0 Å². The smallest absolute Gasteiger partial charge is 0.233 e. The van der Waals surface area contributed by atoms with Crippen LogP contribution >= 0.6 is 0 Å². The molecular formula is C10H22N4O. The second-order valence-corrected chi connectivity index (χ2v) is 4.29. The predicted octanol–water partition coefficient (Wildman–Crippen LogP) is -0.608. The number of piperazine rings is 1. The average molecular weight is 214 g/mol. The van der Waals surface area contributed by atoms with Crippen LogP contribution in [0.5, 0.6) is 0 Å². The summed E-state index contributed by atoms with van der Waals surface area (Å²) in [6.07, 6.45) is 1.40. The molecule has 1 unspecified atom stereocenters. The predicted molar refractivity (Wildman–Crippen MR) is 60.1 cm³/mol. The summed E-state index contributed by atoms with van der Waals surface area (Å²) in [6, 6.07) is 0.469. The molecule has 0 saturated carbocycles. The summed E-state index contributed by atoms with van der Waals surface area (Å²) >= 11 is 0. The van der Waals surface area contributed by atoms with Crippen molar-refractivity contribution in [2.45, 2.75) is 25.8 Å². The summed E-state index contributed by atoms with van der Waals surface area (Å²) in [5.74, 6) is 4.96. The third-order valence-corrected chi connectivity index (χ3v) is 3.11. The van der Waals surface area contributed by atoms with Gasteiger partial charge in [0.25, 0.3) is 0 Å². The Bertz CT molecular complexity index is 202. The largest absolute Gasteiger partial charge is 0.304 e. The van der Waals surface area contributed by atoms with Gasteiger partial charge in [0.05, 0.1) is 0 Å². The molecule has 1 atom stereocenters. The van der Waals surface area contributed by atoms with E-state index < -0.39 is 0 Å². The molecule has 1 amide bonds. The third kappa shape index (κ3) is 4.15. The average Bonchev–Trinajstić information content (AvgIpc) is 2.26. The number of nitrogens with two attached hydrogens (primary N) is 1. The van der Waals surface area contributed by atoms with Crippen LogP contribution in [0.4, 0.5) is 0 Å². The molecule has 15 heavy (non-hydrogen) atoms. The van der Waals surface area contributed by atoms with Crippen molar-refractivity contribution in [3.63, 3.8) is 0 Å². The first-order valence-corrected chi connectivity index (χ1v) is 5.55. The Morgan fingerprint density at radius 1 is 1.40 bits per heavy atom. The Hall–Kier alpha value is -0.650. The number of amides is 1. The first kappa shape index (κ1) is 12.4. The molecule has 0 spiro atoms. The van der Waals surface area contributed by atoms with E-state index in [2.05, 4.69) is 29.2 Å². The Morgan fingerprint density at radius 3 is 2.53 bits per heavy atom. The van der Waals surface area contributed by atoms with Crippen molar-refractivity contribution in [3.05, 3.63) is 0 Å². The Balaban J connectivity index is 2.22. The van der Waals surface area contributed by atoms with Crippen LogP contribution in [0.1, 0.15) is 19.8 Å². The lowest BCUT2D eigenvalue weighted by atomic mass is 10.1. The van der Waals surface area contributed by atoms with E-state index in [1.165, 1.54) is 0 Å². The van der Waals surface area contributed by atoms with Crippen molar-refractivity contribution in [3.8, 4) is 0 Å². The van der Waals surface area contributed by atoms with Crippen LogP contribution < -0.4 is 11.3 Å². The van der Waals surface area contributed by atoms with Crippen LogP contribution in [0.25, 0.3) is 0 Å². The highest BCUT2D eigenvalue weighted by molar-refractivity contribution is 5.75. The number of carbonyl (C=O) groups excluding carboxylic acids is 1. The van der Waals surface area contributed by atoms with Crippen molar-refractivity contribution < 1.29 is 4.79 Å². The molecular weight excluding hydrogens is 192 g/mol. The minimum Gasteiger partial charge on any atom is -0.304 e. The van der Waals surface area contributed by atoms with E-state index >= 15 is 0 Å². The molecule has 88 valence electrons. The second kappa shape index (κ2) is 6.05. The second-order valence-electron chi connectivity index (χ2n) is 4.29. The molecule has 1 aliphatic heterocycles. The topological polar surface area (TPSA) is 61.6 Å². The number of hydrogen-bond acceptors (Lipinski definition) is 4. The molecule has 0 aromatic carbocycles. The molecule has 1 aliphatic rings. The van der Waals surface area contributed by atoms with Crippen molar-refractivity contribution in [2.24, 2.45) is 5.84 Å². The minimum atomic E-state index is -0.0732. The van der Waals surface area contributed by atoms with Gasteiger partial charge < -0.3 is 4.90 Å². The molecule has 0 aliphatic carbocycles. The lowest BCUT2D eigenvalue weighted by molar-refractivity contribution is -0.121. The maximum Gasteiger partial charge on any atom is 0.233 e. The highest BCUT2D eigenvalue weighted by Crippen LogP contribution is 2.09. The summed E-state index contributed by atoms with van der Waals surface area (Å²) in [7, 11) is 2.14. The van der Waals surface area contributed by atoms with E-state index in [9.17, 15) is 4.79 Å². The summed E-state index contributed by atoms with van der Waals surface area (Å²) in [5, 5.41) is 0. The van der Waals surface area contributed by atoms with Crippen LogP contribution in [0.15, 0.2) is 0 Å². The zero-order valence-corrected chi connectivity index (χ0v) is 9.70. The van der Waals surface area contributed by atoms with Gasteiger partial charge in [0.1, 0.15) is 0 Å². The van der Waals surface area contributed by atoms with Crippen LogP contribution in [-0.2, 0) is 4.79 Å². The van der Waals surface area contributed by atoms with Crippen LogP contribution in [-0.4, -0.2) is 55.0 Å². The number of hydrogen-bond donors (Lipinski definition) is 2. The Kier molecular flexibility index (Phi) is 5.01. The maximum absolute atomic E-state index is 11.0. The van der Waals surface area contributed by atoms with E-state index in [0.717, 1.165) is 32.6 Å². The SMILES string of the molecule is CC(CCC(=O)NN)N1CCN(C)CC1. The number of rotatable bonds is 4. The van der Waals surface area contributed by atoms with Gasteiger partial charge in [-0.3, -0.25) is 15.1 Å². The fourth-order valence-electron chi connectivity index (χ4n) is 1.86. The number of likely N-dealkylation sites (N-methyl/N-ethyl adjacent to an activating group) is 1. The molecule has 5 nitrogen and oxygen atoms in total. The lowest BCUT2D eigenvalue weighted by Gasteiger charge is -2.36. The molecule has 0 aromatic rings. The highest BCUT2D eigenvalue weighted by atomic mass is 16.2. The number of nitrogens with one attached hydrogen (secondary N) is 1. The molecule has 1 saturated heterocycles. The van der Waals surface area contributed by atoms with Gasteiger partial charge in [0, 0.05) is 38.6 Å². The zero-order chi connectivity index (χ0) is 11.3. The van der Waals surface area contributed by atoms with E-state index in [1.54, 1.807) is 0 Å². The maximum atomic E-state index is 11.0. The van der Waals surface area contributed by atoms with Gasteiger partial charge in [0.15, 0.2) is 0 Å². The molecule has 1 fully saturated rings. The monoisotopic (exact) mass is 214 g/mol. The van der Waals surface area contributed by atoms with E-state index in [4.69, 9.17) is 5.84 Å². The number of nitrogens with zero attached hydrogens (tertiary/aromatic N) is 2. The van der Waals surface area contributed by atoms with Crippen molar-refractivity contribution in [1.29, 1.82) is 0 Å². The van der Waals surface area contributed by atoms with Crippen molar-refractivity contribution in [1.82, 2.24) is 15.2 Å². The standard InChI is InChI=1S/C10H22N4O/c1-9(3-4-10(15)12-11)14-7-5-13(2)6-8-14/h9H,3-8,11H2,1-2H3,(H,12,15). The molecule has 5 heteroatoms. The fraction of sp³-hybridized carbons (Fsp3) is 0.900. The molecule has 0 radical (unpaired) electrons. The van der Waals surface area contributed by atoms with Gasteiger partial charge >= 0.3 is 0 Å². The fourth-order valence-corrected chi connectivity index (χ4v) is 1.86. The normalized spacial score (nSPS) is 21.3. The van der Waals surface area contributed by atoms with Crippen molar-refractivity contribution in [2.75, 3.05) is 33.2 Å². The van der Waals surface area contributed by atoms with Gasteiger partial charge in [0.2, 0.25) is 5.91 Å². The first-order valence-electron chi connectivity index (χ1n) is 5.55. The summed E-state index contributed by atoms with van der Waals surface area (Å²) in [6.45, 7) is 6.61. The Morgan fingerprint density at radius 2 is 2.00 bits per heavy atom. The van der Waals surface area contributed by atoms with Crippen LogP contribution in [0.3, 0.4) is 0 Å². The van der Waals surface area contributed by atoms with E-state index in [0.29, 0.717) is 12.5 Å². The third-order valence-electron chi connectivity index (χ3n) is 3.11. The number of carbonyl (C=O) groups is 1. The Labute approximate surface area is 91.6 Å². The van der Waals surface area contributed by atoms with E-state index in [-0.39, 0.29) is 5.91 Å². The van der Waals surface area contributed by atoms with Gasteiger partial charge in [-0.05, 0) is 20.4 Å². The summed E-state index contributed by atoms with van der Waals surface area (Å²) in [4.78, 5) is 15.8. The molecule has 1 heterocycles. The highest BCUT2D eigenvalue weighted by Gasteiger charge is 2.19. The van der Waals surface area contributed by atoms with Gasteiger partial charge in [-0.15, -0.1) is 0 Å². The summed E-state index contributed by atoms with van der Waals surface area (Å²) < 4.78 is 0. The zero-order valence-electron chi connectivity index (χ0n) is 9.70. The van der Waals surface area contributed by atoms with Crippen LogP contribution in [0, 0.1) is 0 Å². The van der Waals surface area contributed by atoms with Crippen molar-refractivity contribution >= 4 is 5.91 Å². The molecule has 1 rings (SSSR count). The lowest BCUT2D eigenvalue weighted by Crippen LogP contribution is -2.48. The molecule has 3 N–H and O–H groups in total. The van der Waals surface area contributed by atoms with Gasteiger partial charge in [-0.2, -0.15) is 0 Å². The van der Waals surface area contributed by atoms with E-state index in [1.807, 2.05) is 0 Å². The minimum absolute atomic E-state index is 0.0732. The molecule has 0 aromatic heterocycles. The quantitative estimate of drug-likeness (QED) is 0.372. The molecule has 0 bridgehead atoms. The summed E-state index contributed by atoms with van der Waals surface area (Å²) in [5.41, 5.74) is 2.16. The van der Waals surface area contributed by atoms with Crippen LogP contribution in [0.2, 0.25) is 0 Å².